The maximum atomic E-state index is 13.0. The number of nitrogens with one attached hydrogen (secondary N) is 1. The Morgan fingerprint density at radius 1 is 1.16 bits per heavy atom. The predicted octanol–water partition coefficient (Wildman–Crippen LogP) is 3.30. The third kappa shape index (κ3) is 4.31. The first-order chi connectivity index (χ1) is 9.15. The van der Waals surface area contributed by atoms with Gasteiger partial charge < -0.3 is 10.4 Å². The Morgan fingerprint density at radius 2 is 1.89 bits per heavy atom. The molecule has 0 heterocycles. The summed E-state index contributed by atoms with van der Waals surface area (Å²) in [5.74, 6) is -0.252. The second kappa shape index (κ2) is 6.66. The van der Waals surface area contributed by atoms with Gasteiger partial charge in [0.1, 0.15) is 5.82 Å². The first kappa shape index (κ1) is 14.0. The molecule has 100 valence electrons. The van der Waals surface area contributed by atoms with E-state index in [-0.39, 0.29) is 5.82 Å². The van der Waals surface area contributed by atoms with E-state index in [1.54, 1.807) is 30.3 Å². The standard InChI is InChI=1S/C15H15ClFNO/c16-13-6-4-12(5-7-13)15(19)10-18-9-11-2-1-3-14(17)8-11/h1-8,15,18-19H,9-10H2. The lowest BCUT2D eigenvalue weighted by Crippen LogP contribution is -2.21. The Bertz CT molecular complexity index is 530. The molecule has 0 saturated heterocycles. The van der Waals surface area contributed by atoms with Crippen LogP contribution in [0.15, 0.2) is 48.5 Å². The number of benzene rings is 2. The summed E-state index contributed by atoms with van der Waals surface area (Å²) in [7, 11) is 0. The van der Waals surface area contributed by atoms with Crippen molar-refractivity contribution in [2.75, 3.05) is 6.54 Å². The molecule has 0 amide bonds. The third-order valence-electron chi connectivity index (χ3n) is 2.81. The maximum absolute atomic E-state index is 13.0. The van der Waals surface area contributed by atoms with Crippen LogP contribution in [0.1, 0.15) is 17.2 Å². The number of halogens is 2. The normalized spacial score (nSPS) is 12.4. The van der Waals surface area contributed by atoms with Crippen molar-refractivity contribution in [2.45, 2.75) is 12.6 Å². The van der Waals surface area contributed by atoms with Crippen LogP contribution in [0.25, 0.3) is 0 Å². The number of hydrogen-bond acceptors (Lipinski definition) is 2. The summed E-state index contributed by atoms with van der Waals surface area (Å²) in [6.45, 7) is 0.917. The third-order valence-corrected chi connectivity index (χ3v) is 3.06. The smallest absolute Gasteiger partial charge is 0.123 e. The molecule has 4 heteroatoms. The minimum atomic E-state index is -0.606. The molecular formula is C15H15ClFNO. The van der Waals surface area contributed by atoms with E-state index in [4.69, 9.17) is 11.6 Å². The minimum absolute atomic E-state index is 0.252. The van der Waals surface area contributed by atoms with Gasteiger partial charge in [0.2, 0.25) is 0 Å². The van der Waals surface area contributed by atoms with Crippen molar-refractivity contribution in [1.82, 2.24) is 5.32 Å². The van der Waals surface area contributed by atoms with Gasteiger partial charge >= 0.3 is 0 Å². The number of hydrogen-bond donors (Lipinski definition) is 2. The summed E-state index contributed by atoms with van der Waals surface area (Å²) in [5.41, 5.74) is 1.65. The molecule has 0 aromatic heterocycles. The summed E-state index contributed by atoms with van der Waals surface area (Å²) in [6.07, 6.45) is -0.606. The lowest BCUT2D eigenvalue weighted by molar-refractivity contribution is 0.174. The molecule has 19 heavy (non-hydrogen) atoms. The van der Waals surface area contributed by atoms with Gasteiger partial charge in [-0.3, -0.25) is 0 Å². The Balaban J connectivity index is 1.84. The van der Waals surface area contributed by atoms with Crippen LogP contribution in [0.3, 0.4) is 0 Å². The van der Waals surface area contributed by atoms with E-state index in [0.29, 0.717) is 18.1 Å². The van der Waals surface area contributed by atoms with Gasteiger partial charge in [0.05, 0.1) is 6.10 Å². The lowest BCUT2D eigenvalue weighted by Gasteiger charge is -2.12. The second-order valence-corrected chi connectivity index (χ2v) is 4.76. The molecule has 2 aromatic carbocycles. The average Bonchev–Trinajstić information content (AvgIpc) is 2.39. The molecule has 1 unspecified atom stereocenters. The van der Waals surface area contributed by atoms with E-state index < -0.39 is 6.10 Å². The molecule has 0 spiro atoms. The highest BCUT2D eigenvalue weighted by molar-refractivity contribution is 6.30. The monoisotopic (exact) mass is 279 g/mol. The molecule has 0 radical (unpaired) electrons. The first-order valence-corrected chi connectivity index (χ1v) is 6.41. The fourth-order valence-electron chi connectivity index (χ4n) is 1.80. The summed E-state index contributed by atoms with van der Waals surface area (Å²) in [6, 6.07) is 13.5. The van der Waals surface area contributed by atoms with Crippen LogP contribution in [0.4, 0.5) is 4.39 Å². The van der Waals surface area contributed by atoms with Crippen molar-refractivity contribution in [3.63, 3.8) is 0 Å². The fourth-order valence-corrected chi connectivity index (χ4v) is 1.93. The molecule has 2 nitrogen and oxygen atoms in total. The summed E-state index contributed by atoms with van der Waals surface area (Å²) in [5, 5.41) is 13.7. The van der Waals surface area contributed by atoms with E-state index in [1.165, 1.54) is 12.1 Å². The molecule has 2 rings (SSSR count). The lowest BCUT2D eigenvalue weighted by atomic mass is 10.1. The van der Waals surface area contributed by atoms with Gasteiger partial charge in [0, 0.05) is 18.1 Å². The molecular weight excluding hydrogens is 265 g/mol. The predicted molar refractivity (Wildman–Crippen MR) is 74.5 cm³/mol. The molecule has 2 aromatic rings. The number of aliphatic hydroxyl groups excluding tert-OH is 1. The van der Waals surface area contributed by atoms with Crippen LogP contribution in [0.2, 0.25) is 5.02 Å². The highest BCUT2D eigenvalue weighted by atomic mass is 35.5. The number of aliphatic hydroxyl groups is 1. The maximum Gasteiger partial charge on any atom is 0.123 e. The minimum Gasteiger partial charge on any atom is -0.387 e. The van der Waals surface area contributed by atoms with E-state index in [9.17, 15) is 9.50 Å². The SMILES string of the molecule is OC(CNCc1cccc(F)c1)c1ccc(Cl)cc1. The number of rotatable bonds is 5. The Labute approximate surface area is 116 Å². The van der Waals surface area contributed by atoms with Crippen molar-refractivity contribution >= 4 is 11.6 Å². The van der Waals surface area contributed by atoms with Crippen LogP contribution in [-0.2, 0) is 6.54 Å². The summed E-state index contributed by atoms with van der Waals surface area (Å²) < 4.78 is 13.0. The Hall–Kier alpha value is -1.42. The summed E-state index contributed by atoms with van der Waals surface area (Å²) >= 11 is 5.78. The highest BCUT2D eigenvalue weighted by Crippen LogP contribution is 2.15. The first-order valence-electron chi connectivity index (χ1n) is 6.04. The Kier molecular flexibility index (Phi) is 4.91. The van der Waals surface area contributed by atoms with Crippen molar-refractivity contribution in [2.24, 2.45) is 0 Å². The topological polar surface area (TPSA) is 32.3 Å². The second-order valence-electron chi connectivity index (χ2n) is 4.33. The fraction of sp³-hybridized carbons (Fsp3) is 0.200. The van der Waals surface area contributed by atoms with Crippen molar-refractivity contribution in [1.29, 1.82) is 0 Å². The molecule has 1 atom stereocenters. The van der Waals surface area contributed by atoms with Gasteiger partial charge in [-0.1, -0.05) is 35.9 Å². The quantitative estimate of drug-likeness (QED) is 0.880. The molecule has 0 aliphatic heterocycles. The zero-order valence-corrected chi connectivity index (χ0v) is 11.1. The van der Waals surface area contributed by atoms with E-state index in [2.05, 4.69) is 5.32 Å². The zero-order chi connectivity index (χ0) is 13.7. The van der Waals surface area contributed by atoms with E-state index in [0.717, 1.165) is 11.1 Å². The van der Waals surface area contributed by atoms with Crippen molar-refractivity contribution in [3.05, 3.63) is 70.5 Å². The molecule has 0 aliphatic carbocycles. The van der Waals surface area contributed by atoms with Crippen LogP contribution < -0.4 is 5.32 Å². The van der Waals surface area contributed by atoms with Gasteiger partial charge in [-0.05, 0) is 35.4 Å². The van der Waals surface area contributed by atoms with Crippen LogP contribution in [0, 0.1) is 5.82 Å². The van der Waals surface area contributed by atoms with Crippen molar-refractivity contribution in [3.8, 4) is 0 Å². The zero-order valence-electron chi connectivity index (χ0n) is 10.3. The molecule has 0 fully saturated rings. The molecule has 0 bridgehead atoms. The highest BCUT2D eigenvalue weighted by Gasteiger charge is 2.06. The van der Waals surface area contributed by atoms with Crippen LogP contribution in [-0.4, -0.2) is 11.7 Å². The van der Waals surface area contributed by atoms with Gasteiger partial charge in [-0.15, -0.1) is 0 Å². The van der Waals surface area contributed by atoms with E-state index >= 15 is 0 Å². The average molecular weight is 280 g/mol. The van der Waals surface area contributed by atoms with Crippen LogP contribution >= 0.6 is 11.6 Å². The Morgan fingerprint density at radius 3 is 2.58 bits per heavy atom. The molecule has 2 N–H and O–H groups in total. The largest absolute Gasteiger partial charge is 0.387 e. The van der Waals surface area contributed by atoms with Gasteiger partial charge in [-0.2, -0.15) is 0 Å². The van der Waals surface area contributed by atoms with E-state index in [1.807, 2.05) is 6.07 Å². The van der Waals surface area contributed by atoms with Crippen LogP contribution in [0.5, 0.6) is 0 Å². The van der Waals surface area contributed by atoms with Gasteiger partial charge in [0.25, 0.3) is 0 Å². The molecule has 0 aliphatic rings. The summed E-state index contributed by atoms with van der Waals surface area (Å²) in [4.78, 5) is 0. The van der Waals surface area contributed by atoms with Crippen molar-refractivity contribution < 1.29 is 9.50 Å². The van der Waals surface area contributed by atoms with Gasteiger partial charge in [0.15, 0.2) is 0 Å². The van der Waals surface area contributed by atoms with Gasteiger partial charge in [-0.25, -0.2) is 4.39 Å². The molecule has 0 saturated carbocycles.